The van der Waals surface area contributed by atoms with Crippen molar-refractivity contribution in [2.45, 2.75) is 20.3 Å². The van der Waals surface area contributed by atoms with E-state index in [1.54, 1.807) is 6.92 Å². The van der Waals surface area contributed by atoms with Crippen molar-refractivity contribution in [3.8, 4) is 0 Å². The van der Waals surface area contributed by atoms with Gasteiger partial charge in [-0.05, 0) is 13.3 Å². The lowest BCUT2D eigenvalue weighted by atomic mass is 10.3. The Balaban J connectivity index is 0. The molecule has 58 valence electrons. The molecule has 0 saturated carbocycles. The summed E-state index contributed by atoms with van der Waals surface area (Å²) in [4.78, 5) is 9.82. The lowest BCUT2D eigenvalue weighted by Gasteiger charge is -1.81. The third-order valence-corrected chi connectivity index (χ3v) is 0.709. The van der Waals surface area contributed by atoms with Crippen molar-refractivity contribution < 1.29 is 4.79 Å². The Hall–Kier alpha value is -1.05. The molecule has 0 aromatic carbocycles. The maximum Gasteiger partial charge on any atom is 0.243 e. The van der Waals surface area contributed by atoms with Gasteiger partial charge in [-0.25, -0.2) is 0 Å². The largest absolute Gasteiger partial charge is 0.366 e. The number of amides is 1. The molecule has 0 aliphatic carbocycles. The number of primary amides is 1. The minimum absolute atomic E-state index is 0.398. The summed E-state index contributed by atoms with van der Waals surface area (Å²) in [6.45, 7) is 10.4. The molecule has 0 aliphatic rings. The summed E-state index contributed by atoms with van der Waals surface area (Å²) >= 11 is 0. The zero-order valence-electron chi connectivity index (χ0n) is 6.68. The molecular weight excluding hydrogens is 126 g/mol. The van der Waals surface area contributed by atoms with Crippen molar-refractivity contribution >= 4 is 5.91 Å². The lowest BCUT2D eigenvalue weighted by molar-refractivity contribution is -0.114. The highest BCUT2D eigenvalue weighted by atomic mass is 16.1. The summed E-state index contributed by atoms with van der Waals surface area (Å²) in [5.41, 5.74) is 5.09. The van der Waals surface area contributed by atoms with Gasteiger partial charge in [0.15, 0.2) is 0 Å². The predicted molar refractivity (Wildman–Crippen MR) is 44.5 cm³/mol. The first-order chi connectivity index (χ1) is 4.56. The van der Waals surface area contributed by atoms with Crippen molar-refractivity contribution in [2.75, 3.05) is 0 Å². The fourth-order valence-corrected chi connectivity index (χ4v) is 0. The van der Waals surface area contributed by atoms with Gasteiger partial charge in [0.1, 0.15) is 0 Å². The van der Waals surface area contributed by atoms with E-state index in [9.17, 15) is 4.79 Å². The lowest BCUT2D eigenvalue weighted by Crippen LogP contribution is -2.10. The molecule has 0 unspecified atom stereocenters. The monoisotopic (exact) mass is 141 g/mol. The van der Waals surface area contributed by atoms with Crippen LogP contribution in [0, 0.1) is 0 Å². The van der Waals surface area contributed by atoms with Crippen molar-refractivity contribution in [1.29, 1.82) is 0 Å². The fourth-order valence-electron chi connectivity index (χ4n) is 0. The van der Waals surface area contributed by atoms with Gasteiger partial charge in [0, 0.05) is 5.57 Å². The van der Waals surface area contributed by atoms with Crippen molar-refractivity contribution in [2.24, 2.45) is 5.73 Å². The van der Waals surface area contributed by atoms with Crippen LogP contribution in [0.2, 0.25) is 0 Å². The molecule has 2 heteroatoms. The Kier molecular flexibility index (Phi) is 9.31. The van der Waals surface area contributed by atoms with Gasteiger partial charge in [0.25, 0.3) is 0 Å². The Bertz CT molecular complexity index is 115. The number of allylic oxidation sites excluding steroid dienone is 1. The van der Waals surface area contributed by atoms with E-state index >= 15 is 0 Å². The second kappa shape index (κ2) is 7.95. The molecule has 0 aliphatic heterocycles. The molecule has 0 aromatic heterocycles. The van der Waals surface area contributed by atoms with Crippen LogP contribution in [0.15, 0.2) is 24.8 Å². The first kappa shape index (κ1) is 11.7. The zero-order valence-corrected chi connectivity index (χ0v) is 6.68. The zero-order chi connectivity index (χ0) is 8.57. The standard InChI is InChI=1S/C4H7NO.C4H8/c1-3(2)4(5)6;1-3-4-2/h1H2,2H3,(H2,5,6);3H,1,4H2,2H3. The summed E-state index contributed by atoms with van der Waals surface area (Å²) in [5.74, 6) is -0.435. The molecule has 0 saturated heterocycles. The quantitative estimate of drug-likeness (QED) is 0.461. The van der Waals surface area contributed by atoms with Crippen molar-refractivity contribution in [1.82, 2.24) is 0 Å². The van der Waals surface area contributed by atoms with Crippen LogP contribution in [0.5, 0.6) is 0 Å². The number of hydrogen-bond donors (Lipinski definition) is 1. The molecule has 0 fully saturated rings. The highest BCUT2D eigenvalue weighted by molar-refractivity contribution is 5.90. The molecule has 0 atom stereocenters. The van der Waals surface area contributed by atoms with Crippen molar-refractivity contribution in [3.05, 3.63) is 24.8 Å². The molecule has 2 nitrogen and oxygen atoms in total. The van der Waals surface area contributed by atoms with Gasteiger partial charge in [0.05, 0.1) is 0 Å². The third-order valence-electron chi connectivity index (χ3n) is 0.709. The molecule has 0 heterocycles. The van der Waals surface area contributed by atoms with Crippen LogP contribution in [0.25, 0.3) is 0 Å². The van der Waals surface area contributed by atoms with Crippen LogP contribution in [0.1, 0.15) is 20.3 Å². The van der Waals surface area contributed by atoms with Crippen LogP contribution in [0.4, 0.5) is 0 Å². The maximum absolute atomic E-state index is 9.82. The minimum Gasteiger partial charge on any atom is -0.366 e. The molecule has 0 radical (unpaired) electrons. The van der Waals surface area contributed by atoms with Crippen molar-refractivity contribution in [3.63, 3.8) is 0 Å². The highest BCUT2D eigenvalue weighted by Crippen LogP contribution is 1.78. The van der Waals surface area contributed by atoms with Gasteiger partial charge < -0.3 is 5.73 Å². The Morgan fingerprint density at radius 1 is 1.70 bits per heavy atom. The first-order valence-corrected chi connectivity index (χ1v) is 3.12. The van der Waals surface area contributed by atoms with Gasteiger partial charge in [-0.1, -0.05) is 19.6 Å². The Morgan fingerprint density at radius 2 is 1.90 bits per heavy atom. The van der Waals surface area contributed by atoms with Gasteiger partial charge in [-0.2, -0.15) is 0 Å². The Morgan fingerprint density at radius 3 is 1.90 bits per heavy atom. The fraction of sp³-hybridized carbons (Fsp3) is 0.375. The predicted octanol–water partition coefficient (Wildman–Crippen LogP) is 1.63. The number of rotatable bonds is 2. The average Bonchev–Trinajstić information content (AvgIpc) is 1.89. The summed E-state index contributed by atoms with van der Waals surface area (Å²) < 4.78 is 0. The van der Waals surface area contributed by atoms with Crippen LogP contribution in [-0.4, -0.2) is 5.91 Å². The van der Waals surface area contributed by atoms with E-state index in [-0.39, 0.29) is 0 Å². The maximum atomic E-state index is 9.82. The second-order valence-electron chi connectivity index (χ2n) is 1.84. The molecule has 0 spiro atoms. The van der Waals surface area contributed by atoms with Crippen LogP contribution in [-0.2, 0) is 4.79 Å². The van der Waals surface area contributed by atoms with Crippen LogP contribution in [0.3, 0.4) is 0 Å². The van der Waals surface area contributed by atoms with Crippen LogP contribution >= 0.6 is 0 Å². The summed E-state index contributed by atoms with van der Waals surface area (Å²) in [6.07, 6.45) is 2.96. The summed E-state index contributed by atoms with van der Waals surface area (Å²) in [7, 11) is 0. The average molecular weight is 141 g/mol. The van der Waals surface area contributed by atoms with E-state index < -0.39 is 5.91 Å². The van der Waals surface area contributed by atoms with Gasteiger partial charge >= 0.3 is 0 Å². The second-order valence-corrected chi connectivity index (χ2v) is 1.84. The Labute approximate surface area is 62.4 Å². The number of hydrogen-bond acceptors (Lipinski definition) is 1. The topological polar surface area (TPSA) is 43.1 Å². The number of nitrogens with two attached hydrogens (primary N) is 1. The van der Waals surface area contributed by atoms with E-state index in [2.05, 4.69) is 20.1 Å². The number of carbonyl (C=O) groups excluding carboxylic acids is 1. The third kappa shape index (κ3) is 15.8. The molecule has 0 rings (SSSR count). The molecular formula is C8H15NO. The number of carbonyl (C=O) groups is 1. The smallest absolute Gasteiger partial charge is 0.243 e. The molecule has 0 aromatic rings. The summed E-state index contributed by atoms with van der Waals surface area (Å²) in [6, 6.07) is 0. The first-order valence-electron chi connectivity index (χ1n) is 3.12. The molecule has 2 N–H and O–H groups in total. The van der Waals surface area contributed by atoms with E-state index in [0.717, 1.165) is 6.42 Å². The van der Waals surface area contributed by atoms with Gasteiger partial charge in [-0.3, -0.25) is 4.79 Å². The van der Waals surface area contributed by atoms with Gasteiger partial charge in [0.2, 0.25) is 5.91 Å². The molecule has 10 heavy (non-hydrogen) atoms. The van der Waals surface area contributed by atoms with E-state index in [1.807, 2.05) is 6.08 Å². The SMILES string of the molecule is C=C(C)C(N)=O.C=CCC. The normalized spacial score (nSPS) is 7.00. The van der Waals surface area contributed by atoms with Crippen LogP contribution < -0.4 is 5.73 Å². The molecule has 0 bridgehead atoms. The summed E-state index contributed by atoms with van der Waals surface area (Å²) in [5, 5.41) is 0. The highest BCUT2D eigenvalue weighted by Gasteiger charge is 1.86. The van der Waals surface area contributed by atoms with E-state index in [0.29, 0.717) is 5.57 Å². The minimum atomic E-state index is -0.435. The van der Waals surface area contributed by atoms with Gasteiger partial charge in [-0.15, -0.1) is 6.58 Å². The van der Waals surface area contributed by atoms with E-state index in [4.69, 9.17) is 5.73 Å². The molecule has 1 amide bonds. The van der Waals surface area contributed by atoms with E-state index in [1.165, 1.54) is 0 Å².